The van der Waals surface area contributed by atoms with Crippen molar-refractivity contribution in [3.8, 4) is 0 Å². The first-order valence-electron chi connectivity index (χ1n) is 3.83. The van der Waals surface area contributed by atoms with Gasteiger partial charge in [0.05, 0.1) is 12.5 Å². The van der Waals surface area contributed by atoms with Gasteiger partial charge >= 0.3 is 0 Å². The van der Waals surface area contributed by atoms with Crippen LogP contribution in [0.25, 0.3) is 0 Å². The number of hydrogen-bond donors (Lipinski definition) is 0. The average Bonchev–Trinajstić information content (AvgIpc) is 1.98. The highest BCUT2D eigenvalue weighted by Crippen LogP contribution is 1.96. The van der Waals surface area contributed by atoms with E-state index in [2.05, 4.69) is 22.0 Å². The van der Waals surface area contributed by atoms with Crippen LogP contribution in [0.5, 0.6) is 0 Å². The highest BCUT2D eigenvalue weighted by atomic mass is 32.1. The first-order chi connectivity index (χ1) is 5.93. The molecule has 74 valence electrons. The molecule has 0 amide bonds. The Kier molecular flexibility index (Phi) is 5.41. The van der Waals surface area contributed by atoms with Crippen molar-refractivity contribution in [2.24, 2.45) is 0 Å². The van der Waals surface area contributed by atoms with Crippen molar-refractivity contribution in [3.05, 3.63) is 0 Å². The molecule has 13 heavy (non-hydrogen) atoms. The number of carbonyl (C=O) groups excluding carboxylic acids is 2. The van der Waals surface area contributed by atoms with E-state index in [1.807, 2.05) is 0 Å². The molecule has 0 aliphatic heterocycles. The molecule has 0 aromatic carbocycles. The van der Waals surface area contributed by atoms with Crippen LogP contribution < -0.4 is 0 Å². The molecular formula is C8H12O4S. The Hall–Kier alpha value is -0.810. The van der Waals surface area contributed by atoms with Crippen molar-refractivity contribution in [2.75, 3.05) is 0 Å². The van der Waals surface area contributed by atoms with E-state index in [9.17, 15) is 9.59 Å². The molecule has 0 spiro atoms. The minimum Gasteiger partial charge on any atom is -0.321 e. The van der Waals surface area contributed by atoms with Gasteiger partial charge in [0.1, 0.15) is 5.78 Å². The molecule has 0 fully saturated rings. The summed E-state index contributed by atoms with van der Waals surface area (Å²) in [4.78, 5) is 30.6. The van der Waals surface area contributed by atoms with Gasteiger partial charge in [-0.3, -0.25) is 9.59 Å². The van der Waals surface area contributed by atoms with Crippen molar-refractivity contribution in [1.82, 2.24) is 0 Å². The summed E-state index contributed by atoms with van der Waals surface area (Å²) in [6, 6.07) is 0. The van der Waals surface area contributed by atoms with Gasteiger partial charge in [-0.25, -0.2) is 0 Å². The molecule has 0 radical (unpaired) electrons. The maximum Gasteiger partial charge on any atom is 0.272 e. The second-order valence-corrected chi connectivity index (χ2v) is 3.19. The predicted molar refractivity (Wildman–Crippen MR) is 50.2 cm³/mol. The van der Waals surface area contributed by atoms with Crippen molar-refractivity contribution in [1.29, 1.82) is 0 Å². The number of thiocarbonyl (C=S) groups is 1. The van der Waals surface area contributed by atoms with Crippen LogP contribution >= 0.6 is 12.2 Å². The van der Waals surface area contributed by atoms with E-state index in [1.54, 1.807) is 13.8 Å². The fourth-order valence-electron chi connectivity index (χ4n) is 0.485. The summed E-state index contributed by atoms with van der Waals surface area (Å²) >= 11 is 4.56. The summed E-state index contributed by atoms with van der Waals surface area (Å²) in [7, 11) is 0. The summed E-state index contributed by atoms with van der Waals surface area (Å²) in [5.41, 5.74) is 0. The van der Waals surface area contributed by atoms with Crippen LogP contribution in [0.15, 0.2) is 0 Å². The minimum atomic E-state index is -0.525. The van der Waals surface area contributed by atoms with Crippen LogP contribution in [0.1, 0.15) is 27.2 Å². The molecule has 0 heterocycles. The first kappa shape index (κ1) is 12.2. The lowest BCUT2D eigenvalue weighted by Crippen LogP contribution is -2.19. The fraction of sp³-hybridized carbons (Fsp3) is 0.625. The van der Waals surface area contributed by atoms with Crippen molar-refractivity contribution in [2.45, 2.75) is 33.3 Å². The molecule has 0 aliphatic rings. The number of Topliss-reactive ketones (excluding diaryl/α,β-unsaturated/α-hetero) is 2. The van der Waals surface area contributed by atoms with Gasteiger partial charge in [0.25, 0.3) is 5.05 Å². The maximum atomic E-state index is 11.0. The maximum absolute atomic E-state index is 11.0. The van der Waals surface area contributed by atoms with Crippen LogP contribution in [-0.4, -0.2) is 22.7 Å². The molecule has 0 bridgehead atoms. The second kappa shape index (κ2) is 5.77. The molecule has 0 atom stereocenters. The molecule has 0 aliphatic carbocycles. The van der Waals surface area contributed by atoms with Crippen LogP contribution in [0, 0.1) is 0 Å². The summed E-state index contributed by atoms with van der Waals surface area (Å²) in [6.45, 7) is 4.78. The number of hydrogen-bond acceptors (Lipinski definition) is 5. The van der Waals surface area contributed by atoms with E-state index in [-0.39, 0.29) is 23.4 Å². The van der Waals surface area contributed by atoms with E-state index in [0.717, 1.165) is 0 Å². The Morgan fingerprint density at radius 3 is 2.31 bits per heavy atom. The quantitative estimate of drug-likeness (QED) is 0.292. The SMILES string of the molecule is CC(=O)CC(=O)C(=S)OOC(C)C. The highest BCUT2D eigenvalue weighted by Gasteiger charge is 2.14. The van der Waals surface area contributed by atoms with Crippen molar-refractivity contribution >= 4 is 28.8 Å². The lowest BCUT2D eigenvalue weighted by Gasteiger charge is -2.06. The molecule has 0 rings (SSSR count). The van der Waals surface area contributed by atoms with Crippen LogP contribution in [0.2, 0.25) is 0 Å². The average molecular weight is 204 g/mol. The monoisotopic (exact) mass is 204 g/mol. The minimum absolute atomic E-state index is 0.178. The Bertz CT molecular complexity index is 222. The molecule has 4 nitrogen and oxygen atoms in total. The van der Waals surface area contributed by atoms with Gasteiger partial charge in [-0.2, -0.15) is 4.89 Å². The third-order valence-electron chi connectivity index (χ3n) is 0.953. The largest absolute Gasteiger partial charge is 0.321 e. The Balaban J connectivity index is 3.83. The van der Waals surface area contributed by atoms with Gasteiger partial charge in [0.15, 0.2) is 0 Å². The van der Waals surface area contributed by atoms with E-state index >= 15 is 0 Å². The van der Waals surface area contributed by atoms with E-state index in [4.69, 9.17) is 0 Å². The Morgan fingerprint density at radius 1 is 1.38 bits per heavy atom. The van der Waals surface area contributed by atoms with Crippen LogP contribution in [0.3, 0.4) is 0 Å². The van der Waals surface area contributed by atoms with Gasteiger partial charge in [0.2, 0.25) is 5.78 Å². The molecule has 5 heteroatoms. The summed E-state index contributed by atoms with van der Waals surface area (Å²) < 4.78 is 0. The van der Waals surface area contributed by atoms with Crippen LogP contribution in [0.4, 0.5) is 0 Å². The molecule has 0 saturated heterocycles. The first-order valence-corrected chi connectivity index (χ1v) is 4.24. The molecule has 0 aromatic rings. The summed E-state index contributed by atoms with van der Waals surface area (Å²) in [5.74, 6) is -0.774. The Labute approximate surface area is 82.1 Å². The summed E-state index contributed by atoms with van der Waals surface area (Å²) in [6.07, 6.45) is -0.414. The van der Waals surface area contributed by atoms with Crippen LogP contribution in [-0.2, 0) is 19.4 Å². The lowest BCUT2D eigenvalue weighted by molar-refractivity contribution is -0.247. The van der Waals surface area contributed by atoms with Crippen molar-refractivity contribution in [3.63, 3.8) is 0 Å². The van der Waals surface area contributed by atoms with Gasteiger partial charge in [-0.15, -0.1) is 0 Å². The Morgan fingerprint density at radius 2 is 1.92 bits per heavy atom. The summed E-state index contributed by atoms with van der Waals surface area (Å²) in [5, 5.41) is -0.302. The molecular weight excluding hydrogens is 192 g/mol. The second-order valence-electron chi connectivity index (χ2n) is 2.82. The third-order valence-corrected chi connectivity index (χ3v) is 1.25. The molecule has 0 saturated carbocycles. The standard InChI is InChI=1S/C8H12O4S/c1-5(2)11-12-8(13)7(10)4-6(3)9/h5H,4H2,1-3H3. The van der Waals surface area contributed by atoms with E-state index in [0.29, 0.717) is 0 Å². The van der Waals surface area contributed by atoms with Gasteiger partial charge in [-0.05, 0) is 33.0 Å². The number of rotatable bonds is 5. The predicted octanol–water partition coefficient (Wildman–Crippen LogP) is 1.22. The van der Waals surface area contributed by atoms with Gasteiger partial charge < -0.3 is 4.89 Å². The topological polar surface area (TPSA) is 52.6 Å². The van der Waals surface area contributed by atoms with Crippen molar-refractivity contribution < 1.29 is 19.4 Å². The molecule has 0 aromatic heterocycles. The normalized spacial score (nSPS) is 9.85. The third kappa shape index (κ3) is 6.36. The zero-order chi connectivity index (χ0) is 10.4. The smallest absolute Gasteiger partial charge is 0.272 e. The van der Waals surface area contributed by atoms with E-state index < -0.39 is 5.78 Å². The zero-order valence-corrected chi connectivity index (χ0v) is 8.64. The zero-order valence-electron chi connectivity index (χ0n) is 7.83. The molecule has 0 unspecified atom stereocenters. The fourth-order valence-corrected chi connectivity index (χ4v) is 0.596. The van der Waals surface area contributed by atoms with Gasteiger partial charge in [0, 0.05) is 0 Å². The lowest BCUT2D eigenvalue weighted by atomic mass is 10.2. The number of carbonyl (C=O) groups is 2. The number of ketones is 2. The molecule has 0 N–H and O–H groups in total. The van der Waals surface area contributed by atoms with E-state index in [1.165, 1.54) is 6.92 Å². The highest BCUT2D eigenvalue weighted by molar-refractivity contribution is 7.81. The van der Waals surface area contributed by atoms with Gasteiger partial charge in [-0.1, -0.05) is 0 Å².